The van der Waals surface area contributed by atoms with Gasteiger partial charge >= 0.3 is 11.9 Å². The summed E-state index contributed by atoms with van der Waals surface area (Å²) in [6.45, 7) is -0.761. The van der Waals surface area contributed by atoms with Gasteiger partial charge in [-0.3, -0.25) is 9.59 Å². The largest absolute Gasteiger partial charge is 0.481 e. The number of carboxylic acids is 2. The van der Waals surface area contributed by atoms with E-state index in [0.717, 1.165) is 0 Å². The molecular weight excluding hydrogens is 152 g/mol. The Morgan fingerprint density at radius 3 is 2.09 bits per heavy atom. The summed E-state index contributed by atoms with van der Waals surface area (Å²) in [5.74, 6) is -3.36. The first-order chi connectivity index (χ1) is 5.07. The fourth-order valence-corrected chi connectivity index (χ4v) is 0.576. The summed E-state index contributed by atoms with van der Waals surface area (Å²) >= 11 is 0. The SMILES string of the molecule is [O]CC(CCC(=O)O)C(=O)O. The number of hydrogen-bond donors (Lipinski definition) is 2. The van der Waals surface area contributed by atoms with Crippen molar-refractivity contribution >= 4 is 11.9 Å². The van der Waals surface area contributed by atoms with Gasteiger partial charge in [-0.05, 0) is 6.42 Å². The van der Waals surface area contributed by atoms with E-state index in [9.17, 15) is 14.7 Å². The maximum absolute atomic E-state index is 10.2. The molecule has 63 valence electrons. The predicted octanol–water partition coefficient (Wildman–Crippen LogP) is -0.0175. The molecule has 11 heavy (non-hydrogen) atoms. The molecule has 0 aromatic rings. The fraction of sp³-hybridized carbons (Fsp3) is 0.667. The maximum atomic E-state index is 10.2. The van der Waals surface area contributed by atoms with Crippen molar-refractivity contribution < 1.29 is 24.9 Å². The van der Waals surface area contributed by atoms with E-state index in [1.54, 1.807) is 0 Å². The van der Waals surface area contributed by atoms with E-state index >= 15 is 0 Å². The molecule has 0 amide bonds. The number of rotatable bonds is 5. The Kier molecular flexibility index (Phi) is 4.21. The van der Waals surface area contributed by atoms with Gasteiger partial charge in [0.25, 0.3) is 0 Å². The molecule has 2 N–H and O–H groups in total. The lowest BCUT2D eigenvalue weighted by Crippen LogP contribution is -2.18. The van der Waals surface area contributed by atoms with E-state index in [2.05, 4.69) is 0 Å². The van der Waals surface area contributed by atoms with Gasteiger partial charge in [0.15, 0.2) is 0 Å². The Hall–Kier alpha value is -1.10. The highest BCUT2D eigenvalue weighted by atomic mass is 16.4. The van der Waals surface area contributed by atoms with E-state index < -0.39 is 24.5 Å². The van der Waals surface area contributed by atoms with Crippen LogP contribution in [0, 0.1) is 5.92 Å². The van der Waals surface area contributed by atoms with Crippen LogP contribution in [-0.4, -0.2) is 28.8 Å². The second-order valence-corrected chi connectivity index (χ2v) is 2.13. The number of aliphatic carboxylic acids is 2. The molecule has 0 aliphatic carbocycles. The van der Waals surface area contributed by atoms with Crippen molar-refractivity contribution in [2.75, 3.05) is 6.61 Å². The standard InChI is InChI=1S/C6H9O5/c7-3-4(6(10)11)1-2-5(8)9/h4H,1-3H2,(H,8,9)(H,10,11). The Morgan fingerprint density at radius 1 is 1.27 bits per heavy atom. The average Bonchev–Trinajstić information content (AvgIpc) is 1.87. The van der Waals surface area contributed by atoms with Crippen LogP contribution in [0.15, 0.2) is 0 Å². The molecule has 0 aromatic carbocycles. The quantitative estimate of drug-likeness (QED) is 0.592. The first-order valence-corrected chi connectivity index (χ1v) is 3.10. The molecule has 0 aromatic heterocycles. The van der Waals surface area contributed by atoms with Gasteiger partial charge in [-0.2, -0.15) is 0 Å². The fourth-order valence-electron chi connectivity index (χ4n) is 0.576. The summed E-state index contributed by atoms with van der Waals surface area (Å²) in [6.07, 6.45) is -0.354. The van der Waals surface area contributed by atoms with Crippen molar-refractivity contribution in [3.8, 4) is 0 Å². The highest BCUT2D eigenvalue weighted by molar-refractivity contribution is 5.72. The summed E-state index contributed by atoms with van der Waals surface area (Å²) in [6, 6.07) is 0. The summed E-state index contributed by atoms with van der Waals surface area (Å²) in [5, 5.41) is 26.5. The third-order valence-corrected chi connectivity index (χ3v) is 1.26. The second-order valence-electron chi connectivity index (χ2n) is 2.13. The minimum absolute atomic E-state index is 0.0891. The van der Waals surface area contributed by atoms with Crippen LogP contribution >= 0.6 is 0 Å². The topological polar surface area (TPSA) is 94.5 Å². The summed E-state index contributed by atoms with van der Waals surface area (Å²) in [5.41, 5.74) is 0. The molecule has 5 heteroatoms. The molecular formula is C6H9O5. The molecule has 0 rings (SSSR count). The van der Waals surface area contributed by atoms with Crippen molar-refractivity contribution in [1.82, 2.24) is 0 Å². The Labute approximate surface area is 63.3 Å². The lowest BCUT2D eigenvalue weighted by molar-refractivity contribution is -0.144. The zero-order valence-electron chi connectivity index (χ0n) is 5.82. The third-order valence-electron chi connectivity index (χ3n) is 1.26. The molecule has 5 nitrogen and oxygen atoms in total. The lowest BCUT2D eigenvalue weighted by atomic mass is 10.1. The molecule has 0 aliphatic heterocycles. The molecule has 0 saturated heterocycles. The maximum Gasteiger partial charge on any atom is 0.308 e. The zero-order chi connectivity index (χ0) is 8.85. The van der Waals surface area contributed by atoms with Gasteiger partial charge in [0.1, 0.15) is 0 Å². The minimum atomic E-state index is -1.22. The second kappa shape index (κ2) is 4.68. The third kappa shape index (κ3) is 4.32. The van der Waals surface area contributed by atoms with Crippen LogP contribution in [0.3, 0.4) is 0 Å². The average molecular weight is 161 g/mol. The molecule has 0 saturated carbocycles. The molecule has 0 heterocycles. The first kappa shape index (κ1) is 9.90. The van der Waals surface area contributed by atoms with E-state index in [0.29, 0.717) is 0 Å². The number of carboxylic acid groups (broad SMARTS) is 2. The van der Waals surface area contributed by atoms with E-state index in [1.807, 2.05) is 0 Å². The van der Waals surface area contributed by atoms with Crippen LogP contribution in [0.1, 0.15) is 12.8 Å². The molecule has 0 aliphatic rings. The summed E-state index contributed by atoms with van der Waals surface area (Å²) in [7, 11) is 0. The highest BCUT2D eigenvalue weighted by Gasteiger charge is 2.17. The smallest absolute Gasteiger partial charge is 0.308 e. The van der Waals surface area contributed by atoms with Crippen LogP contribution in [-0.2, 0) is 14.7 Å². The highest BCUT2D eigenvalue weighted by Crippen LogP contribution is 2.05. The van der Waals surface area contributed by atoms with Gasteiger partial charge in [0, 0.05) is 6.42 Å². The minimum Gasteiger partial charge on any atom is -0.481 e. The van der Waals surface area contributed by atoms with Gasteiger partial charge in [-0.1, -0.05) is 0 Å². The first-order valence-electron chi connectivity index (χ1n) is 3.10. The number of carbonyl (C=O) groups is 2. The van der Waals surface area contributed by atoms with E-state index in [4.69, 9.17) is 10.2 Å². The van der Waals surface area contributed by atoms with Gasteiger partial charge in [-0.15, -0.1) is 0 Å². The van der Waals surface area contributed by atoms with Crippen LogP contribution in [0.4, 0.5) is 0 Å². The van der Waals surface area contributed by atoms with Crippen LogP contribution in [0.5, 0.6) is 0 Å². The zero-order valence-corrected chi connectivity index (χ0v) is 5.82. The monoisotopic (exact) mass is 161 g/mol. The summed E-state index contributed by atoms with van der Waals surface area (Å²) < 4.78 is 0. The molecule has 0 bridgehead atoms. The Morgan fingerprint density at radius 2 is 1.82 bits per heavy atom. The van der Waals surface area contributed by atoms with Crippen molar-refractivity contribution in [3.05, 3.63) is 0 Å². The normalized spacial score (nSPS) is 12.5. The van der Waals surface area contributed by atoms with E-state index in [-0.39, 0.29) is 12.8 Å². The van der Waals surface area contributed by atoms with Crippen molar-refractivity contribution in [3.63, 3.8) is 0 Å². The van der Waals surface area contributed by atoms with E-state index in [1.165, 1.54) is 0 Å². The van der Waals surface area contributed by atoms with Crippen molar-refractivity contribution in [1.29, 1.82) is 0 Å². The van der Waals surface area contributed by atoms with Crippen LogP contribution < -0.4 is 0 Å². The molecule has 1 radical (unpaired) electrons. The molecule has 0 spiro atoms. The Balaban J connectivity index is 3.70. The molecule has 1 atom stereocenters. The molecule has 1 unspecified atom stereocenters. The number of hydrogen-bond acceptors (Lipinski definition) is 2. The predicted molar refractivity (Wildman–Crippen MR) is 33.5 cm³/mol. The van der Waals surface area contributed by atoms with Gasteiger partial charge in [-0.25, -0.2) is 5.11 Å². The van der Waals surface area contributed by atoms with Crippen molar-refractivity contribution in [2.24, 2.45) is 5.92 Å². The van der Waals surface area contributed by atoms with Crippen LogP contribution in [0.2, 0.25) is 0 Å². The van der Waals surface area contributed by atoms with Crippen LogP contribution in [0.25, 0.3) is 0 Å². The Bertz CT molecular complexity index is 153. The van der Waals surface area contributed by atoms with Crippen molar-refractivity contribution in [2.45, 2.75) is 12.8 Å². The van der Waals surface area contributed by atoms with Gasteiger partial charge < -0.3 is 10.2 Å². The van der Waals surface area contributed by atoms with Gasteiger partial charge in [0.05, 0.1) is 12.5 Å². The lowest BCUT2D eigenvalue weighted by Gasteiger charge is -2.03. The molecule has 0 fully saturated rings. The van der Waals surface area contributed by atoms with Gasteiger partial charge in [0.2, 0.25) is 0 Å². The summed E-state index contributed by atoms with van der Waals surface area (Å²) in [4.78, 5) is 20.1.